The summed E-state index contributed by atoms with van der Waals surface area (Å²) in [5.74, 6) is 0.406. The highest BCUT2D eigenvalue weighted by molar-refractivity contribution is 5.89. The largest absolute Gasteiger partial charge is 0.497 e. The minimum atomic E-state index is -0.592. The van der Waals surface area contributed by atoms with E-state index in [1.807, 2.05) is 13.8 Å². The van der Waals surface area contributed by atoms with Crippen molar-refractivity contribution in [3.05, 3.63) is 29.8 Å². The fourth-order valence-corrected chi connectivity index (χ4v) is 2.77. The molecule has 0 aromatic heterocycles. The third-order valence-electron chi connectivity index (χ3n) is 3.95. The number of esters is 1. The molecule has 1 aliphatic heterocycles. The van der Waals surface area contributed by atoms with Gasteiger partial charge in [0.15, 0.2) is 6.61 Å². The van der Waals surface area contributed by atoms with Crippen LogP contribution in [-0.4, -0.2) is 62.9 Å². The van der Waals surface area contributed by atoms with Crippen molar-refractivity contribution in [2.24, 2.45) is 0 Å². The maximum Gasteiger partial charge on any atom is 0.331 e. The number of rotatable bonds is 6. The lowest BCUT2D eigenvalue weighted by molar-refractivity contribution is -0.154. The van der Waals surface area contributed by atoms with Gasteiger partial charge in [-0.1, -0.05) is 0 Å². The topological polar surface area (TPSA) is 74.3 Å². The third-order valence-corrected chi connectivity index (χ3v) is 3.95. The second-order valence-corrected chi connectivity index (χ2v) is 6.10. The molecule has 26 heavy (non-hydrogen) atoms. The van der Waals surface area contributed by atoms with E-state index in [1.165, 1.54) is 13.2 Å². The van der Waals surface area contributed by atoms with Crippen LogP contribution in [0.4, 0.5) is 0 Å². The number of amides is 1. The van der Waals surface area contributed by atoms with Gasteiger partial charge in [0.05, 0.1) is 26.4 Å². The number of carbonyl (C=O) groups is 2. The standard InChI is InChI=1S/C19H25NO6/c1-13-10-20(11-14(2)26-13)18(21)12-25-19(22)8-6-15-5-7-16(23-3)9-17(15)24-4/h5-9,13-14H,10-12H2,1-4H3/b8-6+/t13-,14-/m1/s1. The average molecular weight is 363 g/mol. The molecule has 7 nitrogen and oxygen atoms in total. The molecule has 142 valence electrons. The van der Waals surface area contributed by atoms with Crippen molar-refractivity contribution in [2.75, 3.05) is 33.9 Å². The number of benzene rings is 1. The summed E-state index contributed by atoms with van der Waals surface area (Å²) in [5.41, 5.74) is 0.701. The van der Waals surface area contributed by atoms with E-state index in [0.717, 1.165) is 0 Å². The number of methoxy groups -OCH3 is 2. The Morgan fingerprint density at radius 1 is 1.19 bits per heavy atom. The lowest BCUT2D eigenvalue weighted by Gasteiger charge is -2.35. The summed E-state index contributed by atoms with van der Waals surface area (Å²) in [5, 5.41) is 0. The van der Waals surface area contributed by atoms with Gasteiger partial charge in [0.2, 0.25) is 0 Å². The Hall–Kier alpha value is -2.54. The van der Waals surface area contributed by atoms with Crippen molar-refractivity contribution in [3.63, 3.8) is 0 Å². The number of carbonyl (C=O) groups excluding carboxylic acids is 2. The Morgan fingerprint density at radius 3 is 2.50 bits per heavy atom. The van der Waals surface area contributed by atoms with Crippen molar-refractivity contribution < 1.29 is 28.5 Å². The molecule has 7 heteroatoms. The summed E-state index contributed by atoms with van der Waals surface area (Å²) in [6, 6.07) is 5.25. The van der Waals surface area contributed by atoms with Gasteiger partial charge in [-0.05, 0) is 32.1 Å². The van der Waals surface area contributed by atoms with Crippen LogP contribution in [0.15, 0.2) is 24.3 Å². The third kappa shape index (κ3) is 5.49. The van der Waals surface area contributed by atoms with Crippen molar-refractivity contribution in [1.82, 2.24) is 4.90 Å². The lowest BCUT2D eigenvalue weighted by Crippen LogP contribution is -2.49. The second kappa shape index (κ2) is 9.24. The molecule has 1 aromatic carbocycles. The number of hydrogen-bond donors (Lipinski definition) is 0. The summed E-state index contributed by atoms with van der Waals surface area (Å²) in [6.45, 7) is 4.53. The van der Waals surface area contributed by atoms with E-state index in [4.69, 9.17) is 18.9 Å². The lowest BCUT2D eigenvalue weighted by atomic mass is 10.2. The zero-order valence-corrected chi connectivity index (χ0v) is 15.6. The van der Waals surface area contributed by atoms with Gasteiger partial charge in [-0.15, -0.1) is 0 Å². The first-order valence-corrected chi connectivity index (χ1v) is 8.43. The zero-order chi connectivity index (χ0) is 19.1. The Kier molecular flexibility index (Phi) is 7.03. The van der Waals surface area contributed by atoms with Crippen molar-refractivity contribution in [3.8, 4) is 11.5 Å². The Morgan fingerprint density at radius 2 is 1.88 bits per heavy atom. The smallest absolute Gasteiger partial charge is 0.331 e. The predicted molar refractivity (Wildman–Crippen MR) is 96.1 cm³/mol. The monoisotopic (exact) mass is 363 g/mol. The highest BCUT2D eigenvalue weighted by Crippen LogP contribution is 2.25. The minimum absolute atomic E-state index is 0.0270. The Balaban J connectivity index is 1.88. The van der Waals surface area contributed by atoms with Gasteiger partial charge in [-0.25, -0.2) is 4.79 Å². The fourth-order valence-electron chi connectivity index (χ4n) is 2.77. The quantitative estimate of drug-likeness (QED) is 0.568. The molecular weight excluding hydrogens is 338 g/mol. The van der Waals surface area contributed by atoms with Gasteiger partial charge in [-0.2, -0.15) is 0 Å². The van der Waals surface area contributed by atoms with E-state index >= 15 is 0 Å². The highest BCUT2D eigenvalue weighted by atomic mass is 16.5. The Bertz CT molecular complexity index is 662. The van der Waals surface area contributed by atoms with Crippen LogP contribution in [0, 0.1) is 0 Å². The average Bonchev–Trinajstić information content (AvgIpc) is 2.63. The first-order chi connectivity index (χ1) is 12.4. The first kappa shape index (κ1) is 19.8. The molecule has 0 N–H and O–H groups in total. The van der Waals surface area contributed by atoms with Gasteiger partial charge in [0, 0.05) is 30.8 Å². The molecule has 0 bridgehead atoms. The summed E-state index contributed by atoms with van der Waals surface area (Å²) in [4.78, 5) is 25.7. The molecule has 1 aliphatic rings. The maximum absolute atomic E-state index is 12.2. The van der Waals surface area contributed by atoms with Crippen LogP contribution >= 0.6 is 0 Å². The fraction of sp³-hybridized carbons (Fsp3) is 0.474. The zero-order valence-electron chi connectivity index (χ0n) is 15.6. The van der Waals surface area contributed by atoms with E-state index in [0.29, 0.717) is 30.2 Å². The number of morpholine rings is 1. The van der Waals surface area contributed by atoms with Crippen LogP contribution < -0.4 is 9.47 Å². The van der Waals surface area contributed by atoms with Crippen molar-refractivity contribution >= 4 is 18.0 Å². The van der Waals surface area contributed by atoms with Crippen LogP contribution in [-0.2, 0) is 19.1 Å². The molecule has 1 saturated heterocycles. The van der Waals surface area contributed by atoms with E-state index < -0.39 is 5.97 Å². The number of ether oxygens (including phenoxy) is 4. The van der Waals surface area contributed by atoms with Crippen molar-refractivity contribution in [2.45, 2.75) is 26.1 Å². The van der Waals surface area contributed by atoms with Crippen LogP contribution in [0.3, 0.4) is 0 Å². The van der Waals surface area contributed by atoms with Gasteiger partial charge >= 0.3 is 5.97 Å². The summed E-state index contributed by atoms with van der Waals surface area (Å²) < 4.78 is 21.0. The Labute approximate surface area is 153 Å². The van der Waals surface area contributed by atoms with E-state index in [1.54, 1.807) is 36.3 Å². The predicted octanol–water partition coefficient (Wildman–Crippen LogP) is 1.90. The molecule has 1 fully saturated rings. The van der Waals surface area contributed by atoms with E-state index in [9.17, 15) is 9.59 Å². The van der Waals surface area contributed by atoms with Gasteiger partial charge in [0.1, 0.15) is 11.5 Å². The molecule has 1 aromatic rings. The molecule has 1 amide bonds. The normalized spacial score (nSPS) is 20.1. The van der Waals surface area contributed by atoms with Crippen LogP contribution in [0.1, 0.15) is 19.4 Å². The van der Waals surface area contributed by atoms with Crippen molar-refractivity contribution in [1.29, 1.82) is 0 Å². The summed E-state index contributed by atoms with van der Waals surface area (Å²) in [7, 11) is 3.10. The van der Waals surface area contributed by atoms with Crippen LogP contribution in [0.5, 0.6) is 11.5 Å². The van der Waals surface area contributed by atoms with E-state index in [-0.39, 0.29) is 24.7 Å². The molecule has 0 saturated carbocycles. The molecule has 0 unspecified atom stereocenters. The van der Waals surface area contributed by atoms with Crippen LogP contribution in [0.2, 0.25) is 0 Å². The number of hydrogen-bond acceptors (Lipinski definition) is 6. The minimum Gasteiger partial charge on any atom is -0.497 e. The SMILES string of the molecule is COc1ccc(/C=C/C(=O)OCC(=O)N2C[C@@H](C)O[C@H](C)C2)c(OC)c1. The van der Waals surface area contributed by atoms with Crippen LogP contribution in [0.25, 0.3) is 6.08 Å². The van der Waals surface area contributed by atoms with Gasteiger partial charge < -0.3 is 23.8 Å². The van der Waals surface area contributed by atoms with Gasteiger partial charge in [0.25, 0.3) is 5.91 Å². The summed E-state index contributed by atoms with van der Waals surface area (Å²) >= 11 is 0. The molecule has 0 spiro atoms. The molecule has 0 aliphatic carbocycles. The number of nitrogens with zero attached hydrogens (tertiary/aromatic N) is 1. The molecule has 2 atom stereocenters. The summed E-state index contributed by atoms with van der Waals surface area (Å²) in [6.07, 6.45) is 2.79. The highest BCUT2D eigenvalue weighted by Gasteiger charge is 2.26. The maximum atomic E-state index is 12.2. The molecule has 2 rings (SSSR count). The molecular formula is C19H25NO6. The van der Waals surface area contributed by atoms with E-state index in [2.05, 4.69) is 0 Å². The first-order valence-electron chi connectivity index (χ1n) is 8.43. The molecule has 0 radical (unpaired) electrons. The molecule has 1 heterocycles. The van der Waals surface area contributed by atoms with Gasteiger partial charge in [-0.3, -0.25) is 4.79 Å². The second-order valence-electron chi connectivity index (χ2n) is 6.10.